The van der Waals surface area contributed by atoms with E-state index in [-0.39, 0.29) is 26.4 Å². The highest BCUT2D eigenvalue weighted by Crippen LogP contribution is 2.34. The third kappa shape index (κ3) is 3.81. The van der Waals surface area contributed by atoms with Crippen LogP contribution in [0.1, 0.15) is 25.7 Å². The molecule has 2 rings (SSSR count). The minimum Gasteiger partial charge on any atom is -0.207 e. The molecule has 0 amide bonds. The van der Waals surface area contributed by atoms with Crippen molar-refractivity contribution in [3.05, 3.63) is 26.7 Å². The van der Waals surface area contributed by atoms with E-state index in [4.69, 9.17) is 34.8 Å². The molecule has 1 fully saturated rings. The summed E-state index contributed by atoms with van der Waals surface area (Å²) < 4.78 is 28.1. The zero-order chi connectivity index (χ0) is 14.9. The van der Waals surface area contributed by atoms with Crippen molar-refractivity contribution in [2.75, 3.05) is 0 Å². The van der Waals surface area contributed by atoms with Gasteiger partial charge in [0.1, 0.15) is 4.90 Å². The molecule has 20 heavy (non-hydrogen) atoms. The topological polar surface area (TPSA) is 46.2 Å². The van der Waals surface area contributed by atoms with Crippen LogP contribution in [0.4, 0.5) is 0 Å². The molecule has 2 atom stereocenters. The summed E-state index contributed by atoms with van der Waals surface area (Å²) in [5.74, 6) is 0. The lowest BCUT2D eigenvalue weighted by Crippen LogP contribution is -2.42. The van der Waals surface area contributed by atoms with Crippen LogP contribution in [0.25, 0.3) is 0 Å². The Balaban J connectivity index is 2.31. The first-order chi connectivity index (χ1) is 9.31. The monoisotopic (exact) mass is 419 g/mol. The van der Waals surface area contributed by atoms with Crippen LogP contribution in [0.5, 0.6) is 0 Å². The molecule has 1 aliphatic carbocycles. The number of nitrogens with one attached hydrogen (secondary N) is 1. The molecule has 2 unspecified atom stereocenters. The van der Waals surface area contributed by atoms with Crippen LogP contribution in [0.15, 0.2) is 21.5 Å². The number of alkyl halides is 1. The second-order valence-electron chi connectivity index (χ2n) is 4.73. The highest BCUT2D eigenvalue weighted by atomic mass is 79.9. The summed E-state index contributed by atoms with van der Waals surface area (Å²) >= 11 is 21.4. The molecule has 0 spiro atoms. The summed E-state index contributed by atoms with van der Waals surface area (Å²) in [4.78, 5) is -0.0986. The maximum absolute atomic E-state index is 12.4. The molecule has 0 heterocycles. The second kappa shape index (κ2) is 6.71. The average molecular weight is 422 g/mol. The highest BCUT2D eigenvalue weighted by molar-refractivity contribution is 9.10. The lowest BCUT2D eigenvalue weighted by Gasteiger charge is -2.27. The van der Waals surface area contributed by atoms with Gasteiger partial charge < -0.3 is 0 Å². The van der Waals surface area contributed by atoms with Crippen molar-refractivity contribution < 1.29 is 8.42 Å². The van der Waals surface area contributed by atoms with Gasteiger partial charge in [-0.25, -0.2) is 13.1 Å². The third-order valence-corrected chi connectivity index (χ3v) is 6.61. The number of benzene rings is 1. The van der Waals surface area contributed by atoms with Gasteiger partial charge in [0, 0.05) is 15.9 Å². The van der Waals surface area contributed by atoms with Gasteiger partial charge in [0.15, 0.2) is 0 Å². The maximum atomic E-state index is 12.4. The summed E-state index contributed by atoms with van der Waals surface area (Å²) in [5.41, 5.74) is 0. The van der Waals surface area contributed by atoms with Crippen LogP contribution in [0, 0.1) is 0 Å². The van der Waals surface area contributed by atoms with E-state index in [1.54, 1.807) is 0 Å². The molecule has 0 saturated heterocycles. The van der Waals surface area contributed by atoms with Gasteiger partial charge in [-0.2, -0.15) is 0 Å². The molecular weight excluding hydrogens is 408 g/mol. The lowest BCUT2D eigenvalue weighted by atomic mass is 9.96. The fourth-order valence-corrected chi connectivity index (χ4v) is 5.93. The fraction of sp³-hybridized carbons (Fsp3) is 0.500. The molecule has 0 aromatic heterocycles. The summed E-state index contributed by atoms with van der Waals surface area (Å²) in [6.07, 6.45) is 3.50. The SMILES string of the molecule is O=S(=O)(NC1CCCCC1Cl)c1c(Cl)cc(Br)cc1Cl. The number of halogens is 4. The first-order valence-electron chi connectivity index (χ1n) is 6.12. The van der Waals surface area contributed by atoms with Crippen molar-refractivity contribution >= 4 is 60.8 Å². The van der Waals surface area contributed by atoms with Crippen LogP contribution in [0.3, 0.4) is 0 Å². The van der Waals surface area contributed by atoms with Gasteiger partial charge in [-0.3, -0.25) is 0 Å². The quantitative estimate of drug-likeness (QED) is 0.726. The van der Waals surface area contributed by atoms with Crippen LogP contribution < -0.4 is 4.72 Å². The van der Waals surface area contributed by atoms with E-state index in [1.807, 2.05) is 0 Å². The van der Waals surface area contributed by atoms with Crippen LogP contribution in [0.2, 0.25) is 10.0 Å². The smallest absolute Gasteiger partial charge is 0.207 e. The molecule has 1 aromatic rings. The van der Waals surface area contributed by atoms with Gasteiger partial charge >= 0.3 is 0 Å². The van der Waals surface area contributed by atoms with E-state index in [1.165, 1.54) is 12.1 Å². The van der Waals surface area contributed by atoms with Gasteiger partial charge in [0.25, 0.3) is 0 Å². The van der Waals surface area contributed by atoms with E-state index in [0.29, 0.717) is 4.47 Å². The van der Waals surface area contributed by atoms with Crippen LogP contribution in [-0.2, 0) is 10.0 Å². The van der Waals surface area contributed by atoms with E-state index in [0.717, 1.165) is 25.7 Å². The van der Waals surface area contributed by atoms with Gasteiger partial charge in [-0.15, -0.1) is 11.6 Å². The van der Waals surface area contributed by atoms with E-state index < -0.39 is 10.0 Å². The zero-order valence-corrected chi connectivity index (χ0v) is 15.0. The highest BCUT2D eigenvalue weighted by Gasteiger charge is 2.30. The normalized spacial score (nSPS) is 23.8. The predicted molar refractivity (Wildman–Crippen MR) is 86.4 cm³/mol. The van der Waals surface area contributed by atoms with E-state index >= 15 is 0 Å². The van der Waals surface area contributed by atoms with Crippen molar-refractivity contribution in [1.29, 1.82) is 0 Å². The van der Waals surface area contributed by atoms with Crippen LogP contribution in [-0.4, -0.2) is 19.8 Å². The Kier molecular flexibility index (Phi) is 5.65. The number of sulfonamides is 1. The van der Waals surface area contributed by atoms with Crippen molar-refractivity contribution in [1.82, 2.24) is 4.72 Å². The Labute approximate surface area is 142 Å². The molecule has 1 saturated carbocycles. The van der Waals surface area contributed by atoms with E-state index in [9.17, 15) is 8.42 Å². The Bertz CT molecular complexity index is 586. The number of hydrogen-bond acceptors (Lipinski definition) is 2. The first kappa shape index (κ1) is 16.8. The van der Waals surface area contributed by atoms with Gasteiger partial charge in [-0.05, 0) is 25.0 Å². The van der Waals surface area contributed by atoms with Crippen molar-refractivity contribution in [3.8, 4) is 0 Å². The second-order valence-corrected chi connectivity index (χ2v) is 8.67. The molecule has 0 aliphatic heterocycles. The molecule has 1 N–H and O–H groups in total. The molecule has 0 bridgehead atoms. The van der Waals surface area contributed by atoms with Crippen LogP contribution >= 0.6 is 50.7 Å². The molecular formula is C12H13BrCl3NO2S. The predicted octanol–water partition coefficient (Wildman–Crippen LogP) is 4.58. The largest absolute Gasteiger partial charge is 0.243 e. The van der Waals surface area contributed by atoms with Crippen molar-refractivity contribution in [2.45, 2.75) is 42.0 Å². The van der Waals surface area contributed by atoms with Gasteiger partial charge in [-0.1, -0.05) is 52.0 Å². The van der Waals surface area contributed by atoms with Gasteiger partial charge in [0.05, 0.1) is 10.0 Å². The molecule has 1 aliphatic rings. The minimum atomic E-state index is -3.79. The Morgan fingerprint density at radius 3 is 2.25 bits per heavy atom. The molecule has 8 heteroatoms. The summed E-state index contributed by atoms with van der Waals surface area (Å²) in [5, 5.41) is -0.0378. The standard InChI is InChI=1S/C12H13BrCl3NO2S/c13-7-5-9(15)12(10(16)6-7)20(18,19)17-11-4-2-1-3-8(11)14/h5-6,8,11,17H,1-4H2. The molecule has 3 nitrogen and oxygen atoms in total. The third-order valence-electron chi connectivity index (χ3n) is 3.22. The van der Waals surface area contributed by atoms with Gasteiger partial charge in [0.2, 0.25) is 10.0 Å². The Hall–Kier alpha value is 0.480. The first-order valence-corrected chi connectivity index (χ1v) is 9.59. The molecule has 0 radical (unpaired) electrons. The zero-order valence-electron chi connectivity index (χ0n) is 10.4. The summed E-state index contributed by atoms with van der Waals surface area (Å²) in [7, 11) is -3.79. The fourth-order valence-electron chi connectivity index (χ4n) is 2.26. The minimum absolute atomic E-state index is 0.0822. The number of rotatable bonds is 3. The lowest BCUT2D eigenvalue weighted by molar-refractivity contribution is 0.418. The Morgan fingerprint density at radius 1 is 1.15 bits per heavy atom. The Morgan fingerprint density at radius 2 is 1.70 bits per heavy atom. The maximum Gasteiger partial charge on any atom is 0.243 e. The van der Waals surface area contributed by atoms with Crippen molar-refractivity contribution in [3.63, 3.8) is 0 Å². The summed E-state index contributed by atoms with van der Waals surface area (Å²) in [6, 6.07) is 2.72. The molecule has 1 aromatic carbocycles. The average Bonchev–Trinajstić information content (AvgIpc) is 2.30. The summed E-state index contributed by atoms with van der Waals surface area (Å²) in [6.45, 7) is 0. The molecule has 112 valence electrons. The number of hydrogen-bond donors (Lipinski definition) is 1. The van der Waals surface area contributed by atoms with Crippen molar-refractivity contribution in [2.24, 2.45) is 0 Å². The van der Waals surface area contributed by atoms with E-state index in [2.05, 4.69) is 20.7 Å².